The fourth-order valence-corrected chi connectivity index (χ4v) is 5.74. The van der Waals surface area contributed by atoms with Crippen molar-refractivity contribution in [1.82, 2.24) is 4.72 Å². The van der Waals surface area contributed by atoms with Crippen LogP contribution in [0.3, 0.4) is 0 Å². The van der Waals surface area contributed by atoms with Gasteiger partial charge in [-0.3, -0.25) is 0 Å². The molecule has 0 radical (unpaired) electrons. The Hall–Kier alpha value is -0.820. The maximum Gasteiger partial charge on any atom is 0.241 e. The topological polar surface area (TPSA) is 64.6 Å². The third kappa shape index (κ3) is 2.83. The molecule has 3 unspecified atom stereocenters. The van der Waals surface area contributed by atoms with Gasteiger partial charge in [0.1, 0.15) is 11.9 Å². The summed E-state index contributed by atoms with van der Waals surface area (Å²) in [5, 5.41) is 0.351. The molecule has 7 heteroatoms. The van der Waals surface area contributed by atoms with Gasteiger partial charge in [-0.25, -0.2) is 13.1 Å². The van der Waals surface area contributed by atoms with Gasteiger partial charge in [-0.05, 0) is 51.2 Å². The van der Waals surface area contributed by atoms with E-state index in [2.05, 4.69) is 4.72 Å². The first-order chi connectivity index (χ1) is 11.3. The van der Waals surface area contributed by atoms with Crippen molar-refractivity contribution < 1.29 is 17.9 Å². The van der Waals surface area contributed by atoms with E-state index in [9.17, 15) is 8.42 Å². The van der Waals surface area contributed by atoms with Crippen molar-refractivity contribution in [2.24, 2.45) is 5.92 Å². The molecule has 1 saturated heterocycles. The Bertz CT molecular complexity index is 777. The van der Waals surface area contributed by atoms with Crippen molar-refractivity contribution in [3.63, 3.8) is 0 Å². The molecule has 1 N–H and O–H groups in total. The van der Waals surface area contributed by atoms with Gasteiger partial charge >= 0.3 is 0 Å². The number of benzene rings is 1. The summed E-state index contributed by atoms with van der Waals surface area (Å²) >= 11 is 6.24. The van der Waals surface area contributed by atoms with E-state index in [1.54, 1.807) is 6.07 Å². The Morgan fingerprint density at radius 2 is 2.08 bits per heavy atom. The summed E-state index contributed by atoms with van der Waals surface area (Å²) in [4.78, 5) is 0.201. The predicted molar refractivity (Wildman–Crippen MR) is 91.1 cm³/mol. The van der Waals surface area contributed by atoms with Crippen LogP contribution >= 0.6 is 11.6 Å². The Labute approximate surface area is 147 Å². The molecule has 1 aromatic carbocycles. The van der Waals surface area contributed by atoms with E-state index < -0.39 is 15.6 Å². The minimum Gasteiger partial charge on any atom is -0.489 e. The molecule has 4 rings (SSSR count). The van der Waals surface area contributed by atoms with Crippen molar-refractivity contribution in [3.8, 4) is 5.75 Å². The largest absolute Gasteiger partial charge is 0.489 e. The monoisotopic (exact) mass is 371 g/mol. The average Bonchev–Trinajstić information content (AvgIpc) is 3.14. The molecule has 1 saturated carbocycles. The second-order valence-electron chi connectivity index (χ2n) is 7.43. The van der Waals surface area contributed by atoms with Crippen LogP contribution in [0, 0.1) is 5.92 Å². The molecule has 0 amide bonds. The number of ether oxygens (including phenoxy) is 2. The van der Waals surface area contributed by atoms with E-state index in [4.69, 9.17) is 21.1 Å². The minimum absolute atomic E-state index is 0.0170. The molecule has 2 heterocycles. The van der Waals surface area contributed by atoms with Gasteiger partial charge in [0.2, 0.25) is 10.0 Å². The molecule has 3 aliphatic rings. The highest BCUT2D eigenvalue weighted by Gasteiger charge is 2.50. The van der Waals surface area contributed by atoms with Gasteiger partial charge in [0.25, 0.3) is 0 Å². The van der Waals surface area contributed by atoms with Crippen LogP contribution in [-0.4, -0.2) is 32.8 Å². The average molecular weight is 372 g/mol. The molecule has 3 atom stereocenters. The van der Waals surface area contributed by atoms with E-state index in [0.717, 1.165) is 18.4 Å². The lowest BCUT2D eigenvalue weighted by Gasteiger charge is -2.31. The Kier molecular flexibility index (Phi) is 3.88. The van der Waals surface area contributed by atoms with Crippen LogP contribution in [0.25, 0.3) is 0 Å². The molecule has 132 valence electrons. The Morgan fingerprint density at radius 3 is 2.79 bits per heavy atom. The molecule has 2 aliphatic heterocycles. The van der Waals surface area contributed by atoms with Crippen molar-refractivity contribution in [1.29, 1.82) is 0 Å². The van der Waals surface area contributed by atoms with Crippen molar-refractivity contribution in [2.45, 2.75) is 62.2 Å². The number of sulfonamides is 1. The molecule has 5 nitrogen and oxygen atoms in total. The summed E-state index contributed by atoms with van der Waals surface area (Å²) in [5.74, 6) is 1.08. The van der Waals surface area contributed by atoms with E-state index in [0.29, 0.717) is 36.1 Å². The van der Waals surface area contributed by atoms with Gasteiger partial charge in [0.05, 0.1) is 21.6 Å². The molecular formula is C17H22ClNO4S. The quantitative estimate of drug-likeness (QED) is 0.883. The van der Waals surface area contributed by atoms with Gasteiger partial charge in [-0.2, -0.15) is 0 Å². The summed E-state index contributed by atoms with van der Waals surface area (Å²) in [6.45, 7) is 4.48. The summed E-state index contributed by atoms with van der Waals surface area (Å²) in [6.07, 6.45) is 3.56. The van der Waals surface area contributed by atoms with Crippen molar-refractivity contribution in [2.75, 3.05) is 6.61 Å². The summed E-state index contributed by atoms with van der Waals surface area (Å²) in [5.41, 5.74) is 0.289. The smallest absolute Gasteiger partial charge is 0.241 e. The van der Waals surface area contributed by atoms with Crippen molar-refractivity contribution in [3.05, 3.63) is 22.7 Å². The van der Waals surface area contributed by atoms with E-state index in [1.807, 2.05) is 13.8 Å². The number of fused-ring (bicyclic) bond motifs is 1. The third-order valence-electron chi connectivity index (χ3n) is 5.20. The maximum atomic E-state index is 12.9. The van der Waals surface area contributed by atoms with Gasteiger partial charge < -0.3 is 9.47 Å². The molecule has 24 heavy (non-hydrogen) atoms. The first-order valence-electron chi connectivity index (χ1n) is 8.43. The zero-order chi connectivity index (χ0) is 17.1. The number of halogens is 1. The fraction of sp³-hybridized carbons (Fsp3) is 0.647. The first-order valence-corrected chi connectivity index (χ1v) is 10.3. The first kappa shape index (κ1) is 16.6. The predicted octanol–water partition coefficient (Wildman–Crippen LogP) is 2.90. The van der Waals surface area contributed by atoms with Crippen LogP contribution in [0.1, 0.15) is 38.7 Å². The number of rotatable bonds is 4. The summed E-state index contributed by atoms with van der Waals surface area (Å²) in [7, 11) is -3.67. The zero-order valence-corrected chi connectivity index (χ0v) is 15.4. The van der Waals surface area contributed by atoms with Gasteiger partial charge in [-0.1, -0.05) is 11.6 Å². The molecule has 0 aromatic heterocycles. The second-order valence-corrected chi connectivity index (χ2v) is 9.52. The van der Waals surface area contributed by atoms with Crippen LogP contribution in [0.5, 0.6) is 5.75 Å². The molecule has 1 aromatic rings. The number of hydrogen-bond donors (Lipinski definition) is 1. The molecule has 1 aliphatic carbocycles. The SMILES string of the molecule is CC1Cc2cc(S(=O)(=O)NC3(C)CCOC3C3CC3)cc(Cl)c2O1. The fourth-order valence-electron chi connectivity index (χ4n) is 3.87. The van der Waals surface area contributed by atoms with Crippen LogP contribution in [0.2, 0.25) is 5.02 Å². The number of hydrogen-bond acceptors (Lipinski definition) is 4. The summed E-state index contributed by atoms with van der Waals surface area (Å²) < 4.78 is 40.3. The third-order valence-corrected chi connectivity index (χ3v) is 7.07. The molecule has 0 bridgehead atoms. The second kappa shape index (κ2) is 5.59. The van der Waals surface area contributed by atoms with Crippen LogP contribution in [0.15, 0.2) is 17.0 Å². The van der Waals surface area contributed by atoms with E-state index in [-0.39, 0.29) is 17.1 Å². The van der Waals surface area contributed by atoms with Crippen LogP contribution in [0.4, 0.5) is 0 Å². The maximum absolute atomic E-state index is 12.9. The molecule has 2 fully saturated rings. The summed E-state index contributed by atoms with van der Waals surface area (Å²) in [6, 6.07) is 3.16. The lowest BCUT2D eigenvalue weighted by Crippen LogP contribution is -2.52. The zero-order valence-electron chi connectivity index (χ0n) is 13.8. The van der Waals surface area contributed by atoms with Crippen LogP contribution < -0.4 is 9.46 Å². The standard InChI is InChI=1S/C17H22ClNO4S/c1-10-7-12-8-13(9-14(18)15(12)23-10)24(20,21)19-17(2)5-6-22-16(17)11-3-4-11/h8-11,16,19H,3-7H2,1-2H3. The van der Waals surface area contributed by atoms with E-state index in [1.165, 1.54) is 6.07 Å². The molecular weight excluding hydrogens is 350 g/mol. The normalized spacial score (nSPS) is 32.6. The highest BCUT2D eigenvalue weighted by molar-refractivity contribution is 7.89. The lowest BCUT2D eigenvalue weighted by molar-refractivity contribution is 0.0629. The lowest BCUT2D eigenvalue weighted by atomic mass is 9.92. The van der Waals surface area contributed by atoms with Gasteiger partial charge in [-0.15, -0.1) is 0 Å². The van der Waals surface area contributed by atoms with E-state index >= 15 is 0 Å². The minimum atomic E-state index is -3.67. The highest BCUT2D eigenvalue weighted by atomic mass is 35.5. The number of nitrogens with one attached hydrogen (secondary N) is 1. The van der Waals surface area contributed by atoms with Crippen LogP contribution in [-0.2, 0) is 21.2 Å². The Morgan fingerprint density at radius 1 is 1.33 bits per heavy atom. The van der Waals surface area contributed by atoms with Gasteiger partial charge in [0, 0.05) is 18.6 Å². The van der Waals surface area contributed by atoms with Gasteiger partial charge in [0.15, 0.2) is 0 Å². The Balaban J connectivity index is 1.64. The molecule has 0 spiro atoms. The van der Waals surface area contributed by atoms with Crippen molar-refractivity contribution >= 4 is 21.6 Å². The highest BCUT2D eigenvalue weighted by Crippen LogP contribution is 2.44.